The number of fused-ring (bicyclic) bond motifs is 1. The van der Waals surface area contributed by atoms with Crippen molar-refractivity contribution < 1.29 is 9.26 Å². The van der Waals surface area contributed by atoms with E-state index in [0.29, 0.717) is 30.1 Å². The molecular formula is C17H18N4O3. The van der Waals surface area contributed by atoms with Crippen LogP contribution in [0.2, 0.25) is 0 Å². The van der Waals surface area contributed by atoms with Gasteiger partial charge >= 0.3 is 0 Å². The van der Waals surface area contributed by atoms with Crippen LogP contribution >= 0.6 is 0 Å². The Balaban J connectivity index is 1.53. The summed E-state index contributed by atoms with van der Waals surface area (Å²) in [5.74, 6) is 1.11. The maximum Gasteiger partial charge on any atom is 0.261 e. The van der Waals surface area contributed by atoms with Gasteiger partial charge in [0.2, 0.25) is 0 Å². The maximum atomic E-state index is 12.6. The number of hydrogen-bond acceptors (Lipinski definition) is 6. The molecule has 124 valence electrons. The molecule has 0 amide bonds. The monoisotopic (exact) mass is 326 g/mol. The summed E-state index contributed by atoms with van der Waals surface area (Å²) in [6.45, 7) is 3.14. The number of ether oxygens (including phenoxy) is 1. The van der Waals surface area contributed by atoms with E-state index in [1.165, 1.54) is 0 Å². The van der Waals surface area contributed by atoms with Crippen molar-refractivity contribution in [1.29, 1.82) is 0 Å². The maximum absolute atomic E-state index is 12.6. The average Bonchev–Trinajstić information content (AvgIpc) is 3.26. The third kappa shape index (κ3) is 2.71. The Hall–Kier alpha value is -2.54. The Morgan fingerprint density at radius 3 is 3.12 bits per heavy atom. The van der Waals surface area contributed by atoms with Crippen LogP contribution in [0.1, 0.15) is 36.2 Å². The van der Waals surface area contributed by atoms with Crippen LogP contribution in [-0.2, 0) is 17.7 Å². The van der Waals surface area contributed by atoms with E-state index in [2.05, 4.69) is 15.1 Å². The van der Waals surface area contributed by atoms with Crippen LogP contribution in [-0.4, -0.2) is 26.3 Å². The van der Waals surface area contributed by atoms with Crippen LogP contribution < -0.4 is 5.56 Å². The summed E-state index contributed by atoms with van der Waals surface area (Å²) in [7, 11) is 0. The zero-order valence-corrected chi connectivity index (χ0v) is 13.4. The molecule has 1 saturated heterocycles. The minimum Gasteiger partial charge on any atom is -0.368 e. The number of para-hydroxylation sites is 1. The van der Waals surface area contributed by atoms with Gasteiger partial charge in [-0.05, 0) is 31.4 Å². The van der Waals surface area contributed by atoms with E-state index in [1.54, 1.807) is 17.0 Å². The summed E-state index contributed by atoms with van der Waals surface area (Å²) in [6, 6.07) is 5.63. The second-order valence-electron chi connectivity index (χ2n) is 6.01. The largest absolute Gasteiger partial charge is 0.368 e. The standard InChI is InChI=1S/C17H18N4O3/c1-11-4-2-5-12-15(11)18-10-21(17(12)22)8-7-14-19-16(24-20-14)13-6-3-9-23-13/h2,4-5,10,13H,3,6-9H2,1H3/t13-/m1/s1. The van der Waals surface area contributed by atoms with Crippen LogP contribution in [0.5, 0.6) is 0 Å². The van der Waals surface area contributed by atoms with Crippen molar-refractivity contribution in [2.45, 2.75) is 38.8 Å². The lowest BCUT2D eigenvalue weighted by molar-refractivity contribution is 0.0835. The van der Waals surface area contributed by atoms with Gasteiger partial charge in [-0.15, -0.1) is 0 Å². The van der Waals surface area contributed by atoms with Crippen LogP contribution in [0.15, 0.2) is 33.8 Å². The van der Waals surface area contributed by atoms with E-state index in [9.17, 15) is 4.79 Å². The molecule has 3 heterocycles. The normalized spacial score (nSPS) is 17.6. The Morgan fingerprint density at radius 1 is 1.38 bits per heavy atom. The van der Waals surface area contributed by atoms with Gasteiger partial charge in [0.1, 0.15) is 6.10 Å². The quantitative estimate of drug-likeness (QED) is 0.731. The highest BCUT2D eigenvalue weighted by atomic mass is 16.5. The topological polar surface area (TPSA) is 83.0 Å². The van der Waals surface area contributed by atoms with E-state index in [-0.39, 0.29) is 11.7 Å². The second kappa shape index (κ2) is 6.16. The summed E-state index contributed by atoms with van der Waals surface area (Å²) < 4.78 is 12.4. The molecule has 0 bridgehead atoms. The van der Waals surface area contributed by atoms with E-state index >= 15 is 0 Å². The fourth-order valence-electron chi connectivity index (χ4n) is 2.99. The molecule has 0 aliphatic carbocycles. The smallest absolute Gasteiger partial charge is 0.261 e. The predicted molar refractivity (Wildman–Crippen MR) is 86.7 cm³/mol. The number of aromatic nitrogens is 4. The minimum atomic E-state index is -0.0840. The number of hydrogen-bond donors (Lipinski definition) is 0. The van der Waals surface area contributed by atoms with Gasteiger partial charge in [-0.1, -0.05) is 17.3 Å². The average molecular weight is 326 g/mol. The molecule has 0 unspecified atom stereocenters. The molecule has 1 fully saturated rings. The highest BCUT2D eigenvalue weighted by molar-refractivity contribution is 5.80. The van der Waals surface area contributed by atoms with E-state index < -0.39 is 0 Å². The fourth-order valence-corrected chi connectivity index (χ4v) is 2.99. The number of rotatable bonds is 4. The molecule has 1 aliphatic rings. The number of aryl methyl sites for hydroxylation is 3. The Bertz CT molecular complexity index is 925. The Kier molecular flexibility index (Phi) is 3.86. The first-order valence-electron chi connectivity index (χ1n) is 8.11. The summed E-state index contributed by atoms with van der Waals surface area (Å²) in [5.41, 5.74) is 1.70. The minimum absolute atomic E-state index is 0.0495. The molecule has 0 spiro atoms. The zero-order chi connectivity index (χ0) is 16.5. The molecule has 2 aromatic heterocycles. The molecule has 0 saturated carbocycles. The van der Waals surface area contributed by atoms with Crippen molar-refractivity contribution in [2.75, 3.05) is 6.61 Å². The number of nitrogens with zero attached hydrogens (tertiary/aromatic N) is 4. The van der Waals surface area contributed by atoms with E-state index in [0.717, 1.165) is 30.5 Å². The Morgan fingerprint density at radius 2 is 2.29 bits per heavy atom. The predicted octanol–water partition coefficient (Wildman–Crippen LogP) is 2.18. The molecule has 24 heavy (non-hydrogen) atoms. The SMILES string of the molecule is Cc1cccc2c(=O)n(CCc3noc([C@H]4CCCO4)n3)cnc12. The van der Waals surface area contributed by atoms with Crippen LogP contribution in [0.3, 0.4) is 0 Å². The molecule has 7 nitrogen and oxygen atoms in total. The van der Waals surface area contributed by atoms with Crippen molar-refractivity contribution in [1.82, 2.24) is 19.7 Å². The molecule has 0 N–H and O–H groups in total. The molecule has 0 radical (unpaired) electrons. The van der Waals surface area contributed by atoms with Crippen molar-refractivity contribution in [3.05, 3.63) is 52.2 Å². The van der Waals surface area contributed by atoms with Crippen LogP contribution in [0.25, 0.3) is 10.9 Å². The Labute approximate surface area is 138 Å². The molecule has 7 heteroatoms. The van der Waals surface area contributed by atoms with Crippen molar-refractivity contribution in [3.8, 4) is 0 Å². The lowest BCUT2D eigenvalue weighted by Gasteiger charge is -2.06. The molecule has 1 atom stereocenters. The molecule has 1 aromatic carbocycles. The zero-order valence-electron chi connectivity index (χ0n) is 13.4. The van der Waals surface area contributed by atoms with Crippen LogP contribution in [0.4, 0.5) is 0 Å². The van der Waals surface area contributed by atoms with Crippen molar-refractivity contribution in [3.63, 3.8) is 0 Å². The van der Waals surface area contributed by atoms with Gasteiger partial charge < -0.3 is 9.26 Å². The molecule has 1 aliphatic heterocycles. The first kappa shape index (κ1) is 15.0. The van der Waals surface area contributed by atoms with Gasteiger partial charge in [0.05, 0.1) is 17.2 Å². The molecule has 4 rings (SSSR count). The van der Waals surface area contributed by atoms with E-state index in [4.69, 9.17) is 9.26 Å². The van der Waals surface area contributed by atoms with Gasteiger partial charge in [-0.3, -0.25) is 9.36 Å². The summed E-state index contributed by atoms with van der Waals surface area (Å²) in [4.78, 5) is 21.3. The number of benzene rings is 1. The molecule has 3 aromatic rings. The second-order valence-corrected chi connectivity index (χ2v) is 6.01. The summed E-state index contributed by atoms with van der Waals surface area (Å²) >= 11 is 0. The van der Waals surface area contributed by atoms with Gasteiger partial charge in [-0.25, -0.2) is 4.98 Å². The third-order valence-corrected chi connectivity index (χ3v) is 4.32. The highest BCUT2D eigenvalue weighted by Gasteiger charge is 2.23. The fraction of sp³-hybridized carbons (Fsp3) is 0.412. The van der Waals surface area contributed by atoms with Gasteiger partial charge in [0, 0.05) is 19.6 Å². The van der Waals surface area contributed by atoms with Crippen molar-refractivity contribution in [2.24, 2.45) is 0 Å². The summed E-state index contributed by atoms with van der Waals surface area (Å²) in [5, 5.41) is 4.61. The van der Waals surface area contributed by atoms with Crippen LogP contribution in [0, 0.1) is 6.92 Å². The van der Waals surface area contributed by atoms with Crippen molar-refractivity contribution >= 4 is 10.9 Å². The first-order valence-corrected chi connectivity index (χ1v) is 8.11. The van der Waals surface area contributed by atoms with E-state index in [1.807, 2.05) is 19.1 Å². The first-order chi connectivity index (χ1) is 11.7. The molecular weight excluding hydrogens is 308 g/mol. The summed E-state index contributed by atoms with van der Waals surface area (Å²) in [6.07, 6.45) is 3.93. The van der Waals surface area contributed by atoms with Gasteiger partial charge in [0.25, 0.3) is 11.4 Å². The lowest BCUT2D eigenvalue weighted by atomic mass is 10.1. The van der Waals surface area contributed by atoms with Gasteiger partial charge in [0.15, 0.2) is 5.82 Å². The highest BCUT2D eigenvalue weighted by Crippen LogP contribution is 2.26. The van der Waals surface area contributed by atoms with Gasteiger partial charge in [-0.2, -0.15) is 4.98 Å². The third-order valence-electron chi connectivity index (χ3n) is 4.32. The lowest BCUT2D eigenvalue weighted by Crippen LogP contribution is -2.22.